The maximum absolute atomic E-state index is 13.6. The standard InChI is InChI=1S/C33H48N2O3S/c1-6-7-21-35(3,27-14-9-8-10-15-27)22-19-26-17-18-29(30(24-26)28-16-12-11-13-25(28)2)32(36)34-31(20-23-39-5)33(37)38-4/h11-13,16-18,24,27,31H,6-10,14-15,19-23H2,1-5H3/p+1/t31-,35?/m0/s1. The highest BCUT2D eigenvalue weighted by atomic mass is 32.2. The molecule has 1 N–H and O–H groups in total. The Morgan fingerprint density at radius 3 is 2.49 bits per heavy atom. The lowest BCUT2D eigenvalue weighted by molar-refractivity contribution is -0.934. The highest BCUT2D eigenvalue weighted by Gasteiger charge is 2.33. The molecule has 3 rings (SSSR count). The third kappa shape index (κ3) is 8.59. The summed E-state index contributed by atoms with van der Waals surface area (Å²) in [6, 6.07) is 14.6. The van der Waals surface area contributed by atoms with E-state index in [-0.39, 0.29) is 5.91 Å². The molecule has 0 aromatic heterocycles. The van der Waals surface area contributed by atoms with Crippen LogP contribution < -0.4 is 5.32 Å². The van der Waals surface area contributed by atoms with Crippen LogP contribution in [0, 0.1) is 6.92 Å². The molecule has 0 saturated heterocycles. The van der Waals surface area contributed by atoms with Crippen LogP contribution in [-0.4, -0.2) is 67.7 Å². The number of amides is 1. The summed E-state index contributed by atoms with van der Waals surface area (Å²) in [6.07, 6.45) is 12.8. The van der Waals surface area contributed by atoms with Gasteiger partial charge < -0.3 is 14.5 Å². The first-order valence-electron chi connectivity index (χ1n) is 14.7. The number of nitrogens with one attached hydrogen (secondary N) is 1. The number of benzene rings is 2. The Morgan fingerprint density at radius 1 is 1.08 bits per heavy atom. The number of ether oxygens (including phenoxy) is 1. The summed E-state index contributed by atoms with van der Waals surface area (Å²) < 4.78 is 6.12. The van der Waals surface area contributed by atoms with Crippen molar-refractivity contribution in [3.05, 3.63) is 59.2 Å². The molecule has 1 fully saturated rings. The van der Waals surface area contributed by atoms with Gasteiger partial charge in [0.2, 0.25) is 0 Å². The number of carbonyl (C=O) groups excluding carboxylic acids is 2. The normalized spacial score (nSPS) is 16.3. The molecular weight excluding hydrogens is 504 g/mol. The van der Waals surface area contributed by atoms with E-state index in [4.69, 9.17) is 4.74 Å². The summed E-state index contributed by atoms with van der Waals surface area (Å²) in [4.78, 5) is 26.0. The van der Waals surface area contributed by atoms with Crippen LogP contribution in [0.1, 0.15) is 79.8 Å². The number of likely N-dealkylation sites (N-methyl/N-ethyl adjacent to an activating group) is 1. The van der Waals surface area contributed by atoms with Gasteiger partial charge in [0.05, 0.1) is 33.3 Å². The smallest absolute Gasteiger partial charge is 0.328 e. The van der Waals surface area contributed by atoms with E-state index >= 15 is 0 Å². The van der Waals surface area contributed by atoms with Crippen molar-refractivity contribution in [3.63, 3.8) is 0 Å². The van der Waals surface area contributed by atoms with Crippen LogP contribution in [0.3, 0.4) is 0 Å². The molecule has 5 nitrogen and oxygen atoms in total. The average Bonchev–Trinajstić information content (AvgIpc) is 2.97. The number of unbranched alkanes of at least 4 members (excludes halogenated alkanes) is 1. The van der Waals surface area contributed by atoms with E-state index in [1.165, 1.54) is 64.2 Å². The summed E-state index contributed by atoms with van der Waals surface area (Å²) in [5.74, 6) is 0.125. The molecule has 1 aliphatic carbocycles. The fourth-order valence-electron chi connectivity index (χ4n) is 5.99. The van der Waals surface area contributed by atoms with Crippen LogP contribution in [-0.2, 0) is 16.0 Å². The zero-order valence-corrected chi connectivity index (χ0v) is 25.6. The summed E-state index contributed by atoms with van der Waals surface area (Å²) in [5.41, 5.74) is 4.96. The van der Waals surface area contributed by atoms with Crippen molar-refractivity contribution in [1.82, 2.24) is 5.32 Å². The molecule has 1 unspecified atom stereocenters. The molecule has 0 heterocycles. The van der Waals surface area contributed by atoms with Crippen LogP contribution in [0.15, 0.2) is 42.5 Å². The van der Waals surface area contributed by atoms with Crippen molar-refractivity contribution < 1.29 is 18.8 Å². The third-order valence-corrected chi connectivity index (χ3v) is 9.20. The molecule has 6 heteroatoms. The van der Waals surface area contributed by atoms with Gasteiger partial charge >= 0.3 is 5.97 Å². The fourth-order valence-corrected chi connectivity index (χ4v) is 6.46. The Labute approximate surface area is 240 Å². The Morgan fingerprint density at radius 2 is 1.82 bits per heavy atom. The van der Waals surface area contributed by atoms with Crippen molar-refractivity contribution in [1.29, 1.82) is 0 Å². The molecule has 1 amide bonds. The van der Waals surface area contributed by atoms with Gasteiger partial charge in [-0.2, -0.15) is 11.8 Å². The number of methoxy groups -OCH3 is 1. The molecule has 214 valence electrons. The number of esters is 1. The van der Waals surface area contributed by atoms with Crippen molar-refractivity contribution in [2.75, 3.05) is 39.3 Å². The van der Waals surface area contributed by atoms with E-state index < -0.39 is 12.0 Å². The summed E-state index contributed by atoms with van der Waals surface area (Å²) in [6.45, 7) is 6.72. The largest absolute Gasteiger partial charge is 0.467 e. The third-order valence-electron chi connectivity index (χ3n) is 8.56. The van der Waals surface area contributed by atoms with Gasteiger partial charge in [-0.15, -0.1) is 0 Å². The second-order valence-electron chi connectivity index (χ2n) is 11.3. The van der Waals surface area contributed by atoms with Crippen LogP contribution in [0.5, 0.6) is 0 Å². The van der Waals surface area contributed by atoms with Crippen LogP contribution in [0.2, 0.25) is 0 Å². The molecule has 2 aromatic rings. The van der Waals surface area contributed by atoms with E-state index in [1.54, 1.807) is 11.8 Å². The van der Waals surface area contributed by atoms with Gasteiger partial charge in [-0.05, 0) is 85.8 Å². The first kappa shape index (κ1) is 31.2. The maximum Gasteiger partial charge on any atom is 0.328 e. The average molecular weight is 554 g/mol. The topological polar surface area (TPSA) is 55.4 Å². The summed E-state index contributed by atoms with van der Waals surface area (Å²) >= 11 is 1.65. The quantitative estimate of drug-likeness (QED) is 0.206. The monoisotopic (exact) mass is 553 g/mol. The SMILES string of the molecule is CCCC[N+](C)(CCc1ccc(C(=O)N[C@@H](CCSC)C(=O)OC)c(-c2ccccc2C)c1)C1CCCCC1. The fraction of sp³-hybridized carbons (Fsp3) is 0.576. The molecule has 2 atom stereocenters. The summed E-state index contributed by atoms with van der Waals surface area (Å²) in [5, 5.41) is 2.96. The Hall–Kier alpha value is -2.31. The van der Waals surface area contributed by atoms with Crippen LogP contribution in [0.4, 0.5) is 0 Å². The first-order valence-corrected chi connectivity index (χ1v) is 16.1. The molecule has 1 aliphatic rings. The summed E-state index contributed by atoms with van der Waals surface area (Å²) in [7, 11) is 3.84. The second-order valence-corrected chi connectivity index (χ2v) is 12.3. The van der Waals surface area contributed by atoms with E-state index in [1.807, 2.05) is 24.5 Å². The molecule has 2 aromatic carbocycles. The second kappa shape index (κ2) is 15.5. The Kier molecular flexibility index (Phi) is 12.4. The number of hydrogen-bond acceptors (Lipinski definition) is 4. The minimum absolute atomic E-state index is 0.234. The maximum atomic E-state index is 13.6. The van der Waals surface area contributed by atoms with Crippen LogP contribution >= 0.6 is 11.8 Å². The first-order chi connectivity index (χ1) is 18.8. The van der Waals surface area contributed by atoms with E-state index in [0.717, 1.165) is 45.9 Å². The number of nitrogens with zero attached hydrogens (tertiary/aromatic N) is 1. The predicted molar refractivity (Wildman–Crippen MR) is 164 cm³/mol. The number of rotatable bonds is 14. The van der Waals surface area contributed by atoms with Gasteiger partial charge in [0.25, 0.3) is 5.91 Å². The Balaban J connectivity index is 1.90. The minimum Gasteiger partial charge on any atom is -0.467 e. The number of aryl methyl sites for hydroxylation is 1. The van der Waals surface area contributed by atoms with Crippen molar-refractivity contribution in [3.8, 4) is 11.1 Å². The number of carbonyl (C=O) groups is 2. The number of thioether (sulfide) groups is 1. The van der Waals surface area contributed by atoms with Gasteiger partial charge in [0.15, 0.2) is 0 Å². The number of hydrogen-bond donors (Lipinski definition) is 1. The lowest BCUT2D eigenvalue weighted by Crippen LogP contribution is -2.54. The minimum atomic E-state index is -0.661. The molecule has 39 heavy (non-hydrogen) atoms. The van der Waals surface area contributed by atoms with Crippen LogP contribution in [0.25, 0.3) is 11.1 Å². The van der Waals surface area contributed by atoms with Gasteiger partial charge in [0, 0.05) is 12.0 Å². The predicted octanol–water partition coefficient (Wildman–Crippen LogP) is 6.81. The van der Waals surface area contributed by atoms with Gasteiger partial charge in [-0.3, -0.25) is 4.79 Å². The molecule has 1 saturated carbocycles. The molecule has 0 spiro atoms. The number of quaternary nitrogens is 1. The van der Waals surface area contributed by atoms with E-state index in [9.17, 15) is 9.59 Å². The molecule has 0 bridgehead atoms. The molecule has 0 radical (unpaired) electrons. The lowest BCUT2D eigenvalue weighted by atomic mass is 9.90. The van der Waals surface area contributed by atoms with Gasteiger partial charge in [0.1, 0.15) is 6.04 Å². The van der Waals surface area contributed by atoms with Gasteiger partial charge in [-0.25, -0.2) is 4.79 Å². The Bertz CT molecular complexity index is 1080. The highest BCUT2D eigenvalue weighted by Crippen LogP contribution is 2.31. The molecule has 0 aliphatic heterocycles. The van der Waals surface area contributed by atoms with Crippen molar-refractivity contribution in [2.45, 2.75) is 83.7 Å². The van der Waals surface area contributed by atoms with Gasteiger partial charge in [-0.1, -0.05) is 56.2 Å². The lowest BCUT2D eigenvalue weighted by Gasteiger charge is -2.44. The van der Waals surface area contributed by atoms with E-state index in [0.29, 0.717) is 12.0 Å². The van der Waals surface area contributed by atoms with Crippen molar-refractivity contribution >= 4 is 23.6 Å². The zero-order valence-electron chi connectivity index (χ0n) is 24.8. The van der Waals surface area contributed by atoms with E-state index in [2.05, 4.69) is 50.5 Å². The highest BCUT2D eigenvalue weighted by molar-refractivity contribution is 7.98. The molecular formula is C33H49N2O3S+. The van der Waals surface area contributed by atoms with Crippen molar-refractivity contribution in [2.24, 2.45) is 0 Å². The zero-order chi connectivity index (χ0) is 28.3.